The van der Waals surface area contributed by atoms with Crippen molar-refractivity contribution in [3.05, 3.63) is 34.2 Å². The summed E-state index contributed by atoms with van der Waals surface area (Å²) < 4.78 is 112. The van der Waals surface area contributed by atoms with Crippen molar-refractivity contribution in [3.8, 4) is 0 Å². The standard InChI is InChI=1S/C20H24F6O3S2/c1-13(2)15-9-10-16-12-17(14-7-5-3-4-6-8-14)30(18(16)11-15,19(21,22)23)29-31(27,28)20(24,25)26/h9-14H,3-8H2,1-2H3. The number of alkyl halides is 6. The van der Waals surface area contributed by atoms with Crippen molar-refractivity contribution in [2.45, 2.75) is 74.2 Å². The molecule has 0 bridgehead atoms. The molecular weight excluding hydrogens is 466 g/mol. The van der Waals surface area contributed by atoms with E-state index in [2.05, 4.69) is 3.63 Å². The third kappa shape index (κ3) is 4.37. The maximum Gasteiger partial charge on any atom is 0.523 e. The summed E-state index contributed by atoms with van der Waals surface area (Å²) in [4.78, 5) is -0.885. The van der Waals surface area contributed by atoms with Crippen LogP contribution in [0.15, 0.2) is 28.0 Å². The average Bonchev–Trinajstić information content (AvgIpc) is 2.79. The zero-order valence-electron chi connectivity index (χ0n) is 17.0. The molecule has 1 heterocycles. The maximum atomic E-state index is 14.7. The Bertz CT molecular complexity index is 958. The van der Waals surface area contributed by atoms with Crippen molar-refractivity contribution < 1.29 is 38.4 Å². The van der Waals surface area contributed by atoms with Gasteiger partial charge in [-0.3, -0.25) is 0 Å². The van der Waals surface area contributed by atoms with Crippen LogP contribution >= 0.6 is 10.3 Å². The molecule has 11 heteroatoms. The molecule has 1 unspecified atom stereocenters. The first-order valence-corrected chi connectivity index (χ1v) is 12.9. The van der Waals surface area contributed by atoms with Crippen LogP contribution in [-0.2, 0) is 13.7 Å². The van der Waals surface area contributed by atoms with Gasteiger partial charge in [0.1, 0.15) is 0 Å². The van der Waals surface area contributed by atoms with Gasteiger partial charge in [0.2, 0.25) is 0 Å². The van der Waals surface area contributed by atoms with E-state index < -0.39 is 42.3 Å². The van der Waals surface area contributed by atoms with Crippen molar-refractivity contribution in [2.75, 3.05) is 0 Å². The lowest BCUT2D eigenvalue weighted by Gasteiger charge is -2.41. The van der Waals surface area contributed by atoms with E-state index in [1.165, 1.54) is 12.1 Å². The normalized spacial score (nSPS) is 25.6. The minimum Gasteiger partial charge on any atom is -0.196 e. The third-order valence-corrected chi connectivity index (χ3v) is 10.5. The molecule has 0 radical (unpaired) electrons. The minimum absolute atomic E-state index is 0.0633. The smallest absolute Gasteiger partial charge is 0.196 e. The quantitative estimate of drug-likeness (QED) is 0.248. The van der Waals surface area contributed by atoms with Crippen LogP contribution in [0.25, 0.3) is 6.08 Å². The van der Waals surface area contributed by atoms with Gasteiger partial charge < -0.3 is 0 Å². The topological polar surface area (TPSA) is 43.4 Å². The summed E-state index contributed by atoms with van der Waals surface area (Å²) in [7, 11) is -11.4. The first kappa shape index (κ1) is 24.4. The average molecular weight is 491 g/mol. The van der Waals surface area contributed by atoms with Crippen LogP contribution in [-0.4, -0.2) is 19.4 Å². The molecule has 1 aliphatic heterocycles. The van der Waals surface area contributed by atoms with Gasteiger partial charge in [-0.2, -0.15) is 38.4 Å². The van der Waals surface area contributed by atoms with Crippen LogP contribution in [0.1, 0.15) is 69.4 Å². The lowest BCUT2D eigenvalue weighted by atomic mass is 9.97. The largest absolute Gasteiger partial charge is 0.523 e. The number of allylic oxidation sites excluding steroid dienone is 1. The molecule has 1 aromatic carbocycles. The molecule has 1 atom stereocenters. The Balaban J connectivity index is 2.28. The maximum absolute atomic E-state index is 14.7. The third-order valence-electron chi connectivity index (χ3n) is 5.70. The van der Waals surface area contributed by atoms with E-state index in [-0.39, 0.29) is 16.4 Å². The van der Waals surface area contributed by atoms with Crippen LogP contribution in [0, 0.1) is 5.92 Å². The molecular formula is C20H24F6O3S2. The van der Waals surface area contributed by atoms with Gasteiger partial charge in [0, 0.05) is 20.1 Å². The fourth-order valence-electron chi connectivity index (χ4n) is 4.10. The fraction of sp³-hybridized carbons (Fsp3) is 0.600. The lowest BCUT2D eigenvalue weighted by Crippen LogP contribution is -2.33. The van der Waals surface area contributed by atoms with Gasteiger partial charge in [-0.05, 0) is 47.9 Å². The van der Waals surface area contributed by atoms with Crippen molar-refractivity contribution in [1.82, 2.24) is 0 Å². The summed E-state index contributed by atoms with van der Waals surface area (Å²) >= 11 is 0. The number of hydrogen-bond acceptors (Lipinski definition) is 3. The molecule has 0 aromatic heterocycles. The Labute approximate surface area is 179 Å². The molecule has 1 fully saturated rings. The molecule has 0 saturated heterocycles. The summed E-state index contributed by atoms with van der Waals surface area (Å²) in [5.41, 5.74) is -10.8. The van der Waals surface area contributed by atoms with Gasteiger partial charge in [0.25, 0.3) is 0 Å². The number of benzene rings is 1. The highest BCUT2D eigenvalue weighted by Gasteiger charge is 2.65. The summed E-state index contributed by atoms with van der Waals surface area (Å²) in [5, 5.41) is 0. The Morgan fingerprint density at radius 1 is 1.00 bits per heavy atom. The number of fused-ring (bicyclic) bond motifs is 1. The molecule has 1 saturated carbocycles. The van der Waals surface area contributed by atoms with Crippen LogP contribution in [0.2, 0.25) is 0 Å². The molecule has 176 valence electrons. The highest BCUT2D eigenvalue weighted by molar-refractivity contribution is 8.37. The second-order valence-corrected chi connectivity index (χ2v) is 12.6. The first-order chi connectivity index (χ1) is 14.2. The first-order valence-electron chi connectivity index (χ1n) is 9.98. The lowest BCUT2D eigenvalue weighted by molar-refractivity contribution is -0.0547. The molecule has 2 aliphatic rings. The van der Waals surface area contributed by atoms with Crippen LogP contribution in [0.5, 0.6) is 0 Å². The highest BCUT2D eigenvalue weighted by atomic mass is 32.3. The SMILES string of the molecule is CC(C)c1ccc2c(c1)S(OS(=O)(=O)C(F)(F)F)(C(F)(F)F)C(C1CCCCCC1)=C2. The Morgan fingerprint density at radius 2 is 1.58 bits per heavy atom. The molecule has 0 spiro atoms. The van der Waals surface area contributed by atoms with E-state index in [0.29, 0.717) is 31.2 Å². The van der Waals surface area contributed by atoms with Gasteiger partial charge in [-0.1, -0.05) is 51.7 Å². The van der Waals surface area contributed by atoms with Gasteiger partial charge >= 0.3 is 21.1 Å². The van der Waals surface area contributed by atoms with E-state index >= 15 is 0 Å². The van der Waals surface area contributed by atoms with Gasteiger partial charge in [-0.15, -0.1) is 0 Å². The molecule has 1 aliphatic carbocycles. The minimum atomic E-state index is -6.50. The summed E-state index contributed by atoms with van der Waals surface area (Å²) in [5.74, 6) is -0.908. The zero-order valence-corrected chi connectivity index (χ0v) is 18.6. The summed E-state index contributed by atoms with van der Waals surface area (Å²) in [6.07, 6.45) is 4.76. The van der Waals surface area contributed by atoms with Crippen molar-refractivity contribution in [1.29, 1.82) is 0 Å². The molecule has 1 aromatic rings. The van der Waals surface area contributed by atoms with E-state index in [1.807, 2.05) is 0 Å². The summed E-state index contributed by atoms with van der Waals surface area (Å²) in [6, 6.07) is 4.18. The number of halogens is 6. The van der Waals surface area contributed by atoms with Crippen molar-refractivity contribution in [3.63, 3.8) is 0 Å². The Morgan fingerprint density at radius 3 is 2.06 bits per heavy atom. The number of rotatable bonds is 4. The zero-order chi connectivity index (χ0) is 23.2. The van der Waals surface area contributed by atoms with Crippen LogP contribution in [0.3, 0.4) is 0 Å². The van der Waals surface area contributed by atoms with E-state index in [4.69, 9.17) is 0 Å². The van der Waals surface area contributed by atoms with Crippen molar-refractivity contribution in [2.24, 2.45) is 5.92 Å². The highest BCUT2D eigenvalue weighted by Crippen LogP contribution is 2.80. The van der Waals surface area contributed by atoms with Crippen molar-refractivity contribution >= 4 is 26.5 Å². The predicted molar refractivity (Wildman–Crippen MR) is 108 cm³/mol. The monoisotopic (exact) mass is 490 g/mol. The molecule has 3 nitrogen and oxygen atoms in total. The number of hydrogen-bond donors (Lipinski definition) is 0. The Hall–Kier alpha value is -1.20. The Kier molecular flexibility index (Phi) is 6.54. The van der Waals surface area contributed by atoms with Gasteiger partial charge in [0.05, 0.1) is 0 Å². The second-order valence-electron chi connectivity index (χ2n) is 8.16. The van der Waals surface area contributed by atoms with E-state index in [0.717, 1.165) is 18.9 Å². The van der Waals surface area contributed by atoms with E-state index in [9.17, 15) is 34.8 Å². The fourth-order valence-corrected chi connectivity index (χ4v) is 8.93. The second kappa shape index (κ2) is 8.30. The van der Waals surface area contributed by atoms with E-state index in [1.54, 1.807) is 19.9 Å². The molecule has 3 rings (SSSR count). The van der Waals surface area contributed by atoms with Crippen LogP contribution in [0.4, 0.5) is 26.3 Å². The van der Waals surface area contributed by atoms with Crippen LogP contribution < -0.4 is 0 Å². The molecule has 0 amide bonds. The molecule has 31 heavy (non-hydrogen) atoms. The van der Waals surface area contributed by atoms with Gasteiger partial charge in [-0.25, -0.2) is 0 Å². The summed E-state index contributed by atoms with van der Waals surface area (Å²) in [6.45, 7) is 3.46. The predicted octanol–water partition coefficient (Wildman–Crippen LogP) is 7.60. The molecule has 0 N–H and O–H groups in total. The van der Waals surface area contributed by atoms with Gasteiger partial charge in [0.15, 0.2) is 0 Å².